The monoisotopic (exact) mass is 200 g/mol. The molecule has 0 atom stereocenters. The molecule has 0 aliphatic carbocycles. The number of nitrogens with one attached hydrogen (secondary N) is 1. The van der Waals surface area contributed by atoms with Crippen LogP contribution in [0.3, 0.4) is 0 Å². The van der Waals surface area contributed by atoms with Crippen LogP contribution in [-0.2, 0) is 6.42 Å². The third-order valence-corrected chi connectivity index (χ3v) is 2.46. The van der Waals surface area contributed by atoms with Crippen LogP contribution in [0.1, 0.15) is 11.1 Å². The number of terminal acetylenes is 1. The van der Waals surface area contributed by atoms with Gasteiger partial charge in [-0.3, -0.25) is 0 Å². The topological polar surface area (TPSA) is 62.0 Å². The summed E-state index contributed by atoms with van der Waals surface area (Å²) >= 11 is 0. The van der Waals surface area contributed by atoms with E-state index in [1.165, 1.54) is 0 Å². The molecule has 1 heterocycles. The van der Waals surface area contributed by atoms with E-state index in [1.54, 1.807) is 6.07 Å². The van der Waals surface area contributed by atoms with Gasteiger partial charge in [-0.2, -0.15) is 0 Å². The fourth-order valence-electron chi connectivity index (χ4n) is 1.78. The van der Waals surface area contributed by atoms with Gasteiger partial charge in [-0.05, 0) is 30.7 Å². The molecule has 0 spiro atoms. The highest BCUT2D eigenvalue weighted by Gasteiger charge is 2.10. The summed E-state index contributed by atoms with van der Waals surface area (Å²) in [5, 5.41) is 10.5. The van der Waals surface area contributed by atoms with Crippen molar-refractivity contribution in [1.29, 1.82) is 0 Å². The van der Waals surface area contributed by atoms with Gasteiger partial charge >= 0.3 is 0 Å². The van der Waals surface area contributed by atoms with Crippen molar-refractivity contribution in [2.45, 2.75) is 6.42 Å². The molecule has 0 aliphatic heterocycles. The highest BCUT2D eigenvalue weighted by Crippen LogP contribution is 2.28. The first-order valence-corrected chi connectivity index (χ1v) is 4.76. The van der Waals surface area contributed by atoms with Crippen LogP contribution in [0.4, 0.5) is 0 Å². The maximum atomic E-state index is 9.63. The molecule has 0 aliphatic rings. The molecular formula is C12H12N2O. The SMILES string of the molecule is C#Cc1c(O)ccc2[nH]cc(CCN)c12. The molecular weight excluding hydrogens is 188 g/mol. The van der Waals surface area contributed by atoms with Crippen LogP contribution in [0.2, 0.25) is 0 Å². The molecule has 3 heteroatoms. The molecule has 0 bridgehead atoms. The fraction of sp³-hybridized carbons (Fsp3) is 0.167. The van der Waals surface area contributed by atoms with E-state index < -0.39 is 0 Å². The molecule has 0 saturated heterocycles. The maximum absolute atomic E-state index is 9.63. The molecule has 4 N–H and O–H groups in total. The van der Waals surface area contributed by atoms with Gasteiger partial charge in [0.2, 0.25) is 0 Å². The van der Waals surface area contributed by atoms with Gasteiger partial charge in [0.1, 0.15) is 5.75 Å². The second kappa shape index (κ2) is 3.68. The van der Waals surface area contributed by atoms with Crippen molar-refractivity contribution in [2.24, 2.45) is 5.73 Å². The first-order valence-electron chi connectivity index (χ1n) is 4.76. The number of aromatic nitrogens is 1. The first kappa shape index (κ1) is 9.63. The quantitative estimate of drug-likeness (QED) is 0.641. The second-order valence-electron chi connectivity index (χ2n) is 3.38. The van der Waals surface area contributed by atoms with E-state index in [-0.39, 0.29) is 5.75 Å². The summed E-state index contributed by atoms with van der Waals surface area (Å²) in [6.07, 6.45) is 8.02. The number of benzene rings is 1. The molecule has 1 aromatic carbocycles. The van der Waals surface area contributed by atoms with Gasteiger partial charge in [0.15, 0.2) is 0 Å². The Morgan fingerprint density at radius 2 is 2.27 bits per heavy atom. The van der Waals surface area contributed by atoms with E-state index in [4.69, 9.17) is 12.2 Å². The lowest BCUT2D eigenvalue weighted by atomic mass is 10.0. The number of phenols is 1. The second-order valence-corrected chi connectivity index (χ2v) is 3.38. The van der Waals surface area contributed by atoms with Crippen LogP contribution >= 0.6 is 0 Å². The lowest BCUT2D eigenvalue weighted by molar-refractivity contribution is 0.474. The third-order valence-electron chi connectivity index (χ3n) is 2.46. The molecule has 76 valence electrons. The molecule has 3 nitrogen and oxygen atoms in total. The predicted molar refractivity (Wildman–Crippen MR) is 60.7 cm³/mol. The average molecular weight is 200 g/mol. The number of hydrogen-bond acceptors (Lipinski definition) is 2. The van der Waals surface area contributed by atoms with Crippen LogP contribution in [0.5, 0.6) is 5.75 Å². The van der Waals surface area contributed by atoms with Crippen molar-refractivity contribution in [1.82, 2.24) is 4.98 Å². The highest BCUT2D eigenvalue weighted by molar-refractivity contribution is 5.91. The number of rotatable bonds is 2. The minimum atomic E-state index is 0.142. The number of H-pyrrole nitrogens is 1. The van der Waals surface area contributed by atoms with Crippen molar-refractivity contribution in [3.8, 4) is 18.1 Å². The number of aromatic amines is 1. The Balaban J connectivity index is 2.76. The van der Waals surface area contributed by atoms with E-state index in [0.29, 0.717) is 12.1 Å². The van der Waals surface area contributed by atoms with Gasteiger partial charge in [-0.1, -0.05) is 5.92 Å². The van der Waals surface area contributed by atoms with Gasteiger partial charge < -0.3 is 15.8 Å². The van der Waals surface area contributed by atoms with Crippen molar-refractivity contribution in [3.05, 3.63) is 29.5 Å². The van der Waals surface area contributed by atoms with Gasteiger partial charge in [-0.25, -0.2) is 0 Å². The predicted octanol–water partition coefficient (Wildman–Crippen LogP) is 1.36. The van der Waals surface area contributed by atoms with E-state index in [9.17, 15) is 5.11 Å². The lowest BCUT2D eigenvalue weighted by Crippen LogP contribution is -2.02. The van der Waals surface area contributed by atoms with E-state index in [2.05, 4.69) is 10.9 Å². The van der Waals surface area contributed by atoms with Crippen LogP contribution in [0.15, 0.2) is 18.3 Å². The molecule has 1 aromatic heterocycles. The van der Waals surface area contributed by atoms with Crippen LogP contribution in [0, 0.1) is 12.3 Å². The van der Waals surface area contributed by atoms with Gasteiger partial charge in [-0.15, -0.1) is 6.42 Å². The average Bonchev–Trinajstić information content (AvgIpc) is 2.63. The van der Waals surface area contributed by atoms with Crippen LogP contribution in [0.25, 0.3) is 10.9 Å². The number of phenolic OH excluding ortho intramolecular Hbond substituents is 1. The Hall–Kier alpha value is -1.92. The summed E-state index contributed by atoms with van der Waals surface area (Å²) in [6, 6.07) is 3.41. The van der Waals surface area contributed by atoms with Crippen LogP contribution < -0.4 is 5.73 Å². The molecule has 0 radical (unpaired) electrons. The third kappa shape index (κ3) is 1.45. The zero-order valence-electron chi connectivity index (χ0n) is 8.25. The number of hydrogen-bond donors (Lipinski definition) is 3. The molecule has 2 aromatic rings. The zero-order valence-corrected chi connectivity index (χ0v) is 8.25. The van der Waals surface area contributed by atoms with E-state index in [1.807, 2.05) is 12.3 Å². The van der Waals surface area contributed by atoms with Crippen LogP contribution in [-0.4, -0.2) is 16.6 Å². The molecule has 2 rings (SSSR count). The Morgan fingerprint density at radius 1 is 1.47 bits per heavy atom. The highest BCUT2D eigenvalue weighted by atomic mass is 16.3. The fourth-order valence-corrected chi connectivity index (χ4v) is 1.78. The summed E-state index contributed by atoms with van der Waals surface area (Å²) in [5.41, 5.74) is 8.04. The van der Waals surface area contributed by atoms with Gasteiger partial charge in [0, 0.05) is 17.1 Å². The molecule has 0 amide bonds. The number of nitrogens with two attached hydrogens (primary N) is 1. The number of aromatic hydroxyl groups is 1. The maximum Gasteiger partial charge on any atom is 0.131 e. The number of fused-ring (bicyclic) bond motifs is 1. The Morgan fingerprint density at radius 3 is 2.93 bits per heavy atom. The summed E-state index contributed by atoms with van der Waals surface area (Å²) in [4.78, 5) is 3.11. The normalized spacial score (nSPS) is 10.4. The van der Waals surface area contributed by atoms with Crippen molar-refractivity contribution in [3.63, 3.8) is 0 Å². The Labute approximate surface area is 87.9 Å². The summed E-state index contributed by atoms with van der Waals surface area (Å²) in [7, 11) is 0. The zero-order chi connectivity index (χ0) is 10.8. The minimum Gasteiger partial charge on any atom is -0.507 e. The largest absolute Gasteiger partial charge is 0.507 e. The molecule has 0 saturated carbocycles. The van der Waals surface area contributed by atoms with Crippen molar-refractivity contribution in [2.75, 3.05) is 6.54 Å². The lowest BCUT2D eigenvalue weighted by Gasteiger charge is -2.02. The summed E-state index contributed by atoms with van der Waals surface area (Å²) < 4.78 is 0. The Kier molecular flexibility index (Phi) is 2.36. The molecule has 15 heavy (non-hydrogen) atoms. The van der Waals surface area contributed by atoms with E-state index in [0.717, 1.165) is 22.9 Å². The molecule has 0 fully saturated rings. The summed E-state index contributed by atoms with van der Waals surface area (Å²) in [5.74, 6) is 2.65. The summed E-state index contributed by atoms with van der Waals surface area (Å²) in [6.45, 7) is 0.562. The standard InChI is InChI=1S/C12H12N2O/c1-2-9-11(15)4-3-10-12(9)8(5-6-13)7-14-10/h1,3-4,7,14-15H,5-6,13H2. The van der Waals surface area contributed by atoms with Gasteiger partial charge in [0.25, 0.3) is 0 Å². The van der Waals surface area contributed by atoms with E-state index >= 15 is 0 Å². The smallest absolute Gasteiger partial charge is 0.131 e. The van der Waals surface area contributed by atoms with Gasteiger partial charge in [0.05, 0.1) is 5.56 Å². The first-order chi connectivity index (χ1) is 7.27. The molecule has 0 unspecified atom stereocenters. The minimum absolute atomic E-state index is 0.142. The Bertz CT molecular complexity index is 534. The van der Waals surface area contributed by atoms with Crippen molar-refractivity contribution >= 4 is 10.9 Å². The van der Waals surface area contributed by atoms with Crippen molar-refractivity contribution < 1.29 is 5.11 Å².